The van der Waals surface area contributed by atoms with Crippen LogP contribution in [0.2, 0.25) is 5.02 Å². The Morgan fingerprint density at radius 3 is 2.48 bits per heavy atom. The van der Waals surface area contributed by atoms with Crippen molar-refractivity contribution < 1.29 is 19.1 Å². The van der Waals surface area contributed by atoms with Gasteiger partial charge in [0.15, 0.2) is 5.16 Å². The first-order valence-electron chi connectivity index (χ1n) is 9.59. The van der Waals surface area contributed by atoms with Crippen LogP contribution in [0.1, 0.15) is 34.6 Å². The van der Waals surface area contributed by atoms with Crippen molar-refractivity contribution in [3.05, 3.63) is 55.6 Å². The van der Waals surface area contributed by atoms with Crippen LogP contribution in [-0.4, -0.2) is 40.5 Å². The maximum atomic E-state index is 13.4. The van der Waals surface area contributed by atoms with Crippen molar-refractivity contribution in [1.82, 2.24) is 9.55 Å². The number of aryl methyl sites for hydroxylation is 1. The highest BCUT2D eigenvalue weighted by atomic mass is 35.5. The summed E-state index contributed by atoms with van der Waals surface area (Å²) >= 11 is 8.21. The summed E-state index contributed by atoms with van der Waals surface area (Å²) in [5, 5.41) is 1.34. The predicted octanol–water partition coefficient (Wildman–Crippen LogP) is 4.30. The van der Waals surface area contributed by atoms with Crippen molar-refractivity contribution >= 4 is 56.9 Å². The summed E-state index contributed by atoms with van der Waals surface area (Å²) in [5.74, 6) is -0.858. The van der Waals surface area contributed by atoms with Gasteiger partial charge in [-0.3, -0.25) is 14.2 Å². The van der Waals surface area contributed by atoms with Crippen molar-refractivity contribution in [2.45, 2.75) is 32.5 Å². The van der Waals surface area contributed by atoms with Gasteiger partial charge in [-0.05, 0) is 44.0 Å². The Balaban J connectivity index is 2.10. The molecule has 0 unspecified atom stereocenters. The van der Waals surface area contributed by atoms with E-state index in [9.17, 15) is 14.4 Å². The smallest absolute Gasteiger partial charge is 0.348 e. The molecule has 0 aliphatic rings. The fraction of sp³-hybridized carbons (Fsp3) is 0.333. The van der Waals surface area contributed by atoms with E-state index in [0.29, 0.717) is 30.8 Å². The molecule has 164 valence electrons. The number of hydrogen-bond donors (Lipinski definition) is 0. The first-order chi connectivity index (χ1) is 14.8. The van der Waals surface area contributed by atoms with Crippen LogP contribution in [0, 0.1) is 6.92 Å². The van der Waals surface area contributed by atoms with Gasteiger partial charge < -0.3 is 9.47 Å². The number of rotatable bonds is 8. The fourth-order valence-electron chi connectivity index (χ4n) is 2.94. The lowest BCUT2D eigenvalue weighted by Gasteiger charge is -2.12. The van der Waals surface area contributed by atoms with Gasteiger partial charge in [0.2, 0.25) is 0 Å². The molecule has 10 heteroatoms. The minimum Gasteiger partial charge on any atom is -0.465 e. The number of hydrogen-bond acceptors (Lipinski definition) is 8. The molecule has 2 aromatic heterocycles. The number of carbonyl (C=O) groups excluding carboxylic acids is 2. The third kappa shape index (κ3) is 5.28. The molecular formula is C21H21ClN2O5S2. The third-order valence-electron chi connectivity index (χ3n) is 4.35. The molecule has 7 nitrogen and oxygen atoms in total. The molecule has 0 radical (unpaired) electrons. The number of esters is 2. The maximum absolute atomic E-state index is 13.4. The van der Waals surface area contributed by atoms with Crippen LogP contribution in [0.25, 0.3) is 10.2 Å². The van der Waals surface area contributed by atoms with Crippen LogP contribution in [0.15, 0.2) is 34.2 Å². The summed E-state index contributed by atoms with van der Waals surface area (Å²) in [6.45, 7) is 5.93. The van der Waals surface area contributed by atoms with Gasteiger partial charge in [0.25, 0.3) is 5.56 Å². The van der Waals surface area contributed by atoms with Gasteiger partial charge in [-0.1, -0.05) is 35.5 Å². The summed E-state index contributed by atoms with van der Waals surface area (Å²) in [4.78, 5) is 43.0. The normalized spacial score (nSPS) is 11.0. The van der Waals surface area contributed by atoms with E-state index >= 15 is 0 Å². The molecule has 0 aliphatic heterocycles. The number of thiophene rings is 1. The van der Waals surface area contributed by atoms with Gasteiger partial charge in [-0.2, -0.15) is 0 Å². The summed E-state index contributed by atoms with van der Waals surface area (Å²) < 4.78 is 11.6. The molecule has 3 rings (SSSR count). The lowest BCUT2D eigenvalue weighted by Crippen LogP contribution is -2.24. The Bertz CT molecular complexity index is 1170. The Kier molecular flexibility index (Phi) is 7.74. The third-order valence-corrected chi connectivity index (χ3v) is 6.72. The van der Waals surface area contributed by atoms with Crippen molar-refractivity contribution in [3.63, 3.8) is 0 Å². The second kappa shape index (κ2) is 10.3. The monoisotopic (exact) mass is 480 g/mol. The largest absolute Gasteiger partial charge is 0.465 e. The Labute approximate surface area is 192 Å². The SMILES string of the molecule is CCOC(=O)CSc1nc2sc(C(=O)OCC)c(C)c2c(=O)n1Cc1ccc(Cl)cc1. The summed E-state index contributed by atoms with van der Waals surface area (Å²) in [7, 11) is 0. The van der Waals surface area contributed by atoms with Gasteiger partial charge in [0.1, 0.15) is 9.71 Å². The molecule has 0 saturated carbocycles. The standard InChI is InChI=1S/C21H21ClN2O5S2/c1-4-28-15(25)11-30-21-23-18-16(12(3)17(31-18)20(27)29-5-2)19(26)24(21)10-13-6-8-14(22)9-7-13/h6-9H,4-5,10-11H2,1-3H3. The minimum absolute atomic E-state index is 0.0154. The molecule has 31 heavy (non-hydrogen) atoms. The molecule has 0 N–H and O–H groups in total. The van der Waals surface area contributed by atoms with E-state index in [1.807, 2.05) is 12.1 Å². The second-order valence-electron chi connectivity index (χ2n) is 6.46. The van der Waals surface area contributed by atoms with E-state index in [-0.39, 0.29) is 31.1 Å². The minimum atomic E-state index is -0.479. The zero-order valence-corrected chi connectivity index (χ0v) is 19.7. The van der Waals surface area contributed by atoms with E-state index in [0.717, 1.165) is 28.7 Å². The predicted molar refractivity (Wildman–Crippen MR) is 122 cm³/mol. The lowest BCUT2D eigenvalue weighted by atomic mass is 10.2. The van der Waals surface area contributed by atoms with Crippen LogP contribution in [-0.2, 0) is 20.8 Å². The molecule has 2 heterocycles. The fourth-order valence-corrected chi connectivity index (χ4v) is 4.98. The summed E-state index contributed by atoms with van der Waals surface area (Å²) in [5.41, 5.74) is 1.11. The number of ether oxygens (including phenoxy) is 2. The maximum Gasteiger partial charge on any atom is 0.348 e. The van der Waals surface area contributed by atoms with E-state index in [1.54, 1.807) is 32.9 Å². The number of nitrogens with zero attached hydrogens (tertiary/aromatic N) is 2. The van der Waals surface area contributed by atoms with E-state index in [1.165, 1.54) is 4.57 Å². The Hall–Kier alpha value is -2.36. The van der Waals surface area contributed by atoms with Gasteiger partial charge >= 0.3 is 11.9 Å². The number of fused-ring (bicyclic) bond motifs is 1. The van der Waals surface area contributed by atoms with Gasteiger partial charge in [-0.25, -0.2) is 9.78 Å². The number of carbonyl (C=O) groups is 2. The van der Waals surface area contributed by atoms with Crippen LogP contribution < -0.4 is 5.56 Å². The average Bonchev–Trinajstić information content (AvgIpc) is 3.07. The van der Waals surface area contributed by atoms with Crippen molar-refractivity contribution in [2.24, 2.45) is 0 Å². The molecule has 0 bridgehead atoms. The molecule has 0 amide bonds. The summed E-state index contributed by atoms with van der Waals surface area (Å²) in [6.07, 6.45) is 0. The lowest BCUT2D eigenvalue weighted by molar-refractivity contribution is -0.139. The molecule has 0 saturated heterocycles. The topological polar surface area (TPSA) is 87.5 Å². The highest BCUT2D eigenvalue weighted by molar-refractivity contribution is 7.99. The van der Waals surface area contributed by atoms with Crippen LogP contribution in [0.5, 0.6) is 0 Å². The summed E-state index contributed by atoms with van der Waals surface area (Å²) in [6, 6.07) is 7.13. The van der Waals surface area contributed by atoms with Crippen molar-refractivity contribution in [2.75, 3.05) is 19.0 Å². The molecule has 3 aromatic rings. The number of thioether (sulfide) groups is 1. The molecule has 0 aliphatic carbocycles. The zero-order chi connectivity index (χ0) is 22.5. The Morgan fingerprint density at radius 2 is 1.84 bits per heavy atom. The quantitative estimate of drug-likeness (QED) is 0.270. The number of aromatic nitrogens is 2. The molecule has 1 aromatic carbocycles. The average molecular weight is 481 g/mol. The molecule has 0 atom stereocenters. The van der Waals surface area contributed by atoms with Crippen LogP contribution in [0.4, 0.5) is 0 Å². The van der Waals surface area contributed by atoms with E-state index < -0.39 is 11.9 Å². The molecule has 0 fully saturated rings. The number of halogens is 1. The van der Waals surface area contributed by atoms with E-state index in [2.05, 4.69) is 4.98 Å². The first kappa shape index (κ1) is 23.3. The Morgan fingerprint density at radius 1 is 1.16 bits per heavy atom. The molecule has 0 spiro atoms. The van der Waals surface area contributed by atoms with Gasteiger partial charge in [-0.15, -0.1) is 11.3 Å². The van der Waals surface area contributed by atoms with Gasteiger partial charge in [0, 0.05) is 5.02 Å². The van der Waals surface area contributed by atoms with E-state index in [4.69, 9.17) is 21.1 Å². The number of benzene rings is 1. The van der Waals surface area contributed by atoms with Crippen LogP contribution >= 0.6 is 34.7 Å². The zero-order valence-electron chi connectivity index (χ0n) is 17.3. The molecular weight excluding hydrogens is 460 g/mol. The van der Waals surface area contributed by atoms with Crippen LogP contribution in [0.3, 0.4) is 0 Å². The van der Waals surface area contributed by atoms with Crippen molar-refractivity contribution in [1.29, 1.82) is 0 Å². The van der Waals surface area contributed by atoms with Crippen molar-refractivity contribution in [3.8, 4) is 0 Å². The first-order valence-corrected chi connectivity index (χ1v) is 11.8. The highest BCUT2D eigenvalue weighted by Gasteiger charge is 2.23. The van der Waals surface area contributed by atoms with Gasteiger partial charge in [0.05, 0.1) is 30.9 Å². The highest BCUT2D eigenvalue weighted by Crippen LogP contribution is 2.30. The second-order valence-corrected chi connectivity index (χ2v) is 8.84.